The number of thiazole rings is 1. The Kier molecular flexibility index (Phi) is 8.08. The number of allylic oxidation sites excluding steroid dienone is 1. The Bertz CT molecular complexity index is 1550. The van der Waals surface area contributed by atoms with Crippen LogP contribution in [0.25, 0.3) is 6.08 Å². The zero-order valence-electron chi connectivity index (χ0n) is 21.5. The first-order valence-electron chi connectivity index (χ1n) is 11.6. The number of anilines is 1. The number of carbonyl (C=O) groups is 1. The van der Waals surface area contributed by atoms with Gasteiger partial charge < -0.3 is 19.1 Å². The molecule has 1 atom stereocenters. The van der Waals surface area contributed by atoms with Crippen molar-refractivity contribution >= 4 is 51.7 Å². The predicted molar refractivity (Wildman–Crippen MR) is 153 cm³/mol. The molecule has 2 heterocycles. The normalized spacial score (nSPS) is 15.2. The Morgan fingerprint density at radius 2 is 1.89 bits per heavy atom. The zero-order chi connectivity index (χ0) is 26.9. The summed E-state index contributed by atoms with van der Waals surface area (Å²) in [6, 6.07) is 10.9. The minimum absolute atomic E-state index is 0.226. The van der Waals surface area contributed by atoms with Gasteiger partial charge in [0.05, 0.1) is 46.2 Å². The fourth-order valence-electron chi connectivity index (χ4n) is 4.23. The molecule has 8 nitrogen and oxygen atoms in total. The molecule has 4 rings (SSSR count). The van der Waals surface area contributed by atoms with E-state index in [2.05, 4.69) is 27.6 Å². The second-order valence-corrected chi connectivity index (χ2v) is 10.7. The minimum Gasteiger partial charge on any atom is -0.493 e. The van der Waals surface area contributed by atoms with E-state index in [1.807, 2.05) is 61.5 Å². The summed E-state index contributed by atoms with van der Waals surface area (Å²) < 4.78 is 19.2. The number of carbonyl (C=O) groups excluding carboxylic acids is 1. The maximum Gasteiger partial charge on any atom is 0.338 e. The van der Waals surface area contributed by atoms with Crippen LogP contribution < -0.4 is 29.3 Å². The summed E-state index contributed by atoms with van der Waals surface area (Å²) in [4.78, 5) is 34.0. The number of aromatic nitrogens is 1. The highest BCUT2D eigenvalue weighted by molar-refractivity contribution is 14.1. The molecule has 0 radical (unpaired) electrons. The number of hydrogen-bond donors (Lipinski definition) is 0. The molecule has 0 saturated carbocycles. The van der Waals surface area contributed by atoms with E-state index >= 15 is 0 Å². The van der Waals surface area contributed by atoms with Crippen LogP contribution in [-0.4, -0.2) is 45.5 Å². The number of methoxy groups -OCH3 is 2. The molecule has 1 aliphatic heterocycles. The number of nitrogens with zero attached hydrogens (tertiary/aromatic N) is 3. The molecule has 0 aliphatic carbocycles. The van der Waals surface area contributed by atoms with Crippen molar-refractivity contribution in [2.24, 2.45) is 4.99 Å². The first-order chi connectivity index (χ1) is 17.7. The van der Waals surface area contributed by atoms with Gasteiger partial charge in [-0.25, -0.2) is 9.79 Å². The summed E-state index contributed by atoms with van der Waals surface area (Å²) in [5.74, 6) is 0.736. The van der Waals surface area contributed by atoms with Crippen LogP contribution in [0.4, 0.5) is 5.69 Å². The van der Waals surface area contributed by atoms with Crippen molar-refractivity contribution in [2.45, 2.75) is 19.9 Å². The van der Waals surface area contributed by atoms with Gasteiger partial charge in [0.25, 0.3) is 5.56 Å². The average Bonchev–Trinajstić information content (AvgIpc) is 3.17. The lowest BCUT2D eigenvalue weighted by Crippen LogP contribution is -2.39. The van der Waals surface area contributed by atoms with Crippen LogP contribution in [0.5, 0.6) is 11.5 Å². The third-order valence-corrected chi connectivity index (χ3v) is 7.78. The van der Waals surface area contributed by atoms with Gasteiger partial charge >= 0.3 is 5.97 Å². The van der Waals surface area contributed by atoms with Crippen molar-refractivity contribution in [3.8, 4) is 11.5 Å². The van der Waals surface area contributed by atoms with Crippen molar-refractivity contribution in [3.05, 3.63) is 82.1 Å². The van der Waals surface area contributed by atoms with Crippen LogP contribution in [0.15, 0.2) is 57.5 Å². The molecule has 0 unspecified atom stereocenters. The number of rotatable bonds is 7. The molecule has 0 spiro atoms. The summed E-state index contributed by atoms with van der Waals surface area (Å²) in [7, 11) is 7.09. The van der Waals surface area contributed by atoms with Crippen LogP contribution >= 0.6 is 33.9 Å². The van der Waals surface area contributed by atoms with E-state index in [9.17, 15) is 9.59 Å². The van der Waals surface area contributed by atoms with Gasteiger partial charge in [0.1, 0.15) is 0 Å². The number of ether oxygens (including phenoxy) is 3. The second kappa shape index (κ2) is 11.1. The van der Waals surface area contributed by atoms with Gasteiger partial charge in [-0.1, -0.05) is 23.5 Å². The van der Waals surface area contributed by atoms with Crippen LogP contribution in [-0.2, 0) is 9.53 Å². The summed E-state index contributed by atoms with van der Waals surface area (Å²) in [5, 5.41) is 0. The van der Waals surface area contributed by atoms with Gasteiger partial charge in [-0.2, -0.15) is 0 Å². The third kappa shape index (κ3) is 5.17. The molecule has 0 amide bonds. The predicted octanol–water partition coefficient (Wildman–Crippen LogP) is 3.49. The summed E-state index contributed by atoms with van der Waals surface area (Å²) in [6.45, 7) is 3.76. The molecule has 3 aromatic rings. The summed E-state index contributed by atoms with van der Waals surface area (Å²) in [5.41, 5.74) is 3.27. The first-order valence-corrected chi connectivity index (χ1v) is 13.5. The van der Waals surface area contributed by atoms with Crippen LogP contribution in [0.3, 0.4) is 0 Å². The van der Waals surface area contributed by atoms with E-state index in [4.69, 9.17) is 14.2 Å². The smallest absolute Gasteiger partial charge is 0.338 e. The van der Waals surface area contributed by atoms with E-state index in [0.717, 1.165) is 20.4 Å². The molecule has 0 saturated heterocycles. The van der Waals surface area contributed by atoms with E-state index in [1.165, 1.54) is 11.3 Å². The lowest BCUT2D eigenvalue weighted by atomic mass is 9.95. The number of halogens is 1. The monoisotopic (exact) mass is 633 g/mol. The Morgan fingerprint density at radius 3 is 2.49 bits per heavy atom. The molecule has 1 aliphatic rings. The van der Waals surface area contributed by atoms with Gasteiger partial charge in [0.2, 0.25) is 0 Å². The molecule has 2 aromatic carbocycles. The molecular weight excluding hydrogens is 605 g/mol. The first kappa shape index (κ1) is 26.9. The topological polar surface area (TPSA) is 82.4 Å². The standard InChI is InChI=1S/C27H28IN3O5S/c1-7-36-26(33)22-15(2)29-27-31(23(22)17-8-10-18(11-9-17)30(3)4)25(32)21(37-27)14-16-12-19(28)24(35-6)20(13-16)34-5/h8-14,23H,7H2,1-6H3/b21-14-/t23-/m0/s1. The molecular formula is C27H28IN3O5S. The lowest BCUT2D eigenvalue weighted by molar-refractivity contribution is -0.139. The average molecular weight is 634 g/mol. The van der Waals surface area contributed by atoms with E-state index in [0.29, 0.717) is 32.1 Å². The van der Waals surface area contributed by atoms with Crippen molar-refractivity contribution in [1.82, 2.24) is 4.57 Å². The number of fused-ring (bicyclic) bond motifs is 1. The second-order valence-electron chi connectivity index (χ2n) is 8.53. The minimum atomic E-state index is -0.654. The van der Waals surface area contributed by atoms with Crippen molar-refractivity contribution in [3.63, 3.8) is 0 Å². The van der Waals surface area contributed by atoms with Crippen molar-refractivity contribution in [2.75, 3.05) is 39.8 Å². The third-order valence-electron chi connectivity index (χ3n) is 6.00. The number of hydrogen-bond acceptors (Lipinski definition) is 8. The van der Waals surface area contributed by atoms with E-state index in [1.54, 1.807) is 32.6 Å². The SMILES string of the molecule is CCOC(=O)C1=C(C)N=c2s/c(=C\c3cc(I)c(OC)c(OC)c3)c(=O)n2[C@H]1c1ccc(N(C)C)cc1. The highest BCUT2D eigenvalue weighted by Gasteiger charge is 2.33. The van der Waals surface area contributed by atoms with E-state index < -0.39 is 12.0 Å². The Hall–Kier alpha value is -3.12. The molecule has 0 fully saturated rings. The summed E-state index contributed by atoms with van der Waals surface area (Å²) in [6.07, 6.45) is 1.81. The molecule has 194 valence electrons. The molecule has 0 bridgehead atoms. The van der Waals surface area contributed by atoms with Gasteiger partial charge in [0.15, 0.2) is 16.3 Å². The molecule has 37 heavy (non-hydrogen) atoms. The fourth-order valence-corrected chi connectivity index (χ4v) is 6.13. The number of benzene rings is 2. The summed E-state index contributed by atoms with van der Waals surface area (Å²) >= 11 is 3.46. The number of esters is 1. The Balaban J connectivity index is 1.93. The maximum atomic E-state index is 13.8. The largest absolute Gasteiger partial charge is 0.493 e. The molecule has 0 N–H and O–H groups in total. The van der Waals surface area contributed by atoms with Gasteiger partial charge in [-0.15, -0.1) is 0 Å². The van der Waals surface area contributed by atoms with Gasteiger partial charge in [-0.3, -0.25) is 9.36 Å². The van der Waals surface area contributed by atoms with Gasteiger partial charge in [0, 0.05) is 19.8 Å². The van der Waals surface area contributed by atoms with E-state index in [-0.39, 0.29) is 12.2 Å². The molecule has 10 heteroatoms. The van der Waals surface area contributed by atoms with Crippen LogP contribution in [0.2, 0.25) is 0 Å². The molecule has 1 aromatic heterocycles. The highest BCUT2D eigenvalue weighted by Crippen LogP contribution is 2.34. The zero-order valence-corrected chi connectivity index (χ0v) is 24.5. The Labute approximate surface area is 232 Å². The van der Waals surface area contributed by atoms with Gasteiger partial charge in [-0.05, 0) is 77.9 Å². The van der Waals surface area contributed by atoms with Crippen LogP contribution in [0.1, 0.15) is 31.0 Å². The lowest BCUT2D eigenvalue weighted by Gasteiger charge is -2.25. The van der Waals surface area contributed by atoms with Crippen molar-refractivity contribution < 1.29 is 19.0 Å². The maximum absolute atomic E-state index is 13.8. The van der Waals surface area contributed by atoms with Crippen molar-refractivity contribution in [1.29, 1.82) is 0 Å². The van der Waals surface area contributed by atoms with Crippen LogP contribution in [0, 0.1) is 3.57 Å². The fraction of sp³-hybridized carbons (Fsp3) is 0.296. The quantitative estimate of drug-likeness (QED) is 0.293. The Morgan fingerprint density at radius 1 is 1.19 bits per heavy atom. The highest BCUT2D eigenvalue weighted by atomic mass is 127.